The van der Waals surface area contributed by atoms with Crippen LogP contribution in [0.4, 0.5) is 13.2 Å². The number of carbonyl (C=O) groups is 1. The molecule has 2 aliphatic rings. The SMILES string of the molecule is CC1(O)CCOC2(CCN(Cc3ccc(C(F)(F)F)cc3)CC2)C1.O=CO. The van der Waals surface area contributed by atoms with E-state index in [-0.39, 0.29) is 12.1 Å². The van der Waals surface area contributed by atoms with Crippen LogP contribution in [-0.4, -0.2) is 52.5 Å². The van der Waals surface area contributed by atoms with E-state index < -0.39 is 17.3 Å². The molecule has 2 saturated heterocycles. The fourth-order valence-corrected chi connectivity index (χ4v) is 3.82. The summed E-state index contributed by atoms with van der Waals surface area (Å²) in [6, 6.07) is 5.38. The molecule has 2 fully saturated rings. The number of carboxylic acid groups (broad SMARTS) is 1. The van der Waals surface area contributed by atoms with Gasteiger partial charge in [-0.3, -0.25) is 9.69 Å². The molecule has 1 spiro atoms. The van der Waals surface area contributed by atoms with Gasteiger partial charge in [0.15, 0.2) is 0 Å². The number of ether oxygens (including phenoxy) is 1. The van der Waals surface area contributed by atoms with Gasteiger partial charge in [-0.25, -0.2) is 0 Å². The monoisotopic (exact) mass is 389 g/mol. The van der Waals surface area contributed by atoms with E-state index in [1.807, 2.05) is 6.92 Å². The molecule has 0 aromatic heterocycles. The topological polar surface area (TPSA) is 70.0 Å². The van der Waals surface area contributed by atoms with E-state index in [0.29, 0.717) is 26.0 Å². The molecule has 8 heteroatoms. The smallest absolute Gasteiger partial charge is 0.416 e. The van der Waals surface area contributed by atoms with Crippen LogP contribution in [0, 0.1) is 0 Å². The second-order valence-electron chi connectivity index (χ2n) is 7.53. The first-order valence-corrected chi connectivity index (χ1v) is 8.92. The summed E-state index contributed by atoms with van der Waals surface area (Å²) < 4.78 is 43.8. The lowest BCUT2D eigenvalue weighted by molar-refractivity contribution is -0.173. The predicted molar refractivity (Wildman–Crippen MR) is 93.2 cm³/mol. The first kappa shape index (κ1) is 21.7. The van der Waals surface area contributed by atoms with Gasteiger partial charge in [0.25, 0.3) is 6.47 Å². The number of likely N-dealkylation sites (tertiary alicyclic amines) is 1. The van der Waals surface area contributed by atoms with Gasteiger partial charge in [-0.15, -0.1) is 0 Å². The average Bonchev–Trinajstić information content (AvgIpc) is 2.57. The molecular weight excluding hydrogens is 363 g/mol. The Morgan fingerprint density at radius 2 is 1.74 bits per heavy atom. The molecule has 1 aromatic rings. The third-order valence-corrected chi connectivity index (χ3v) is 5.21. The lowest BCUT2D eigenvalue weighted by Crippen LogP contribution is -2.53. The molecule has 2 heterocycles. The maximum atomic E-state index is 12.6. The van der Waals surface area contributed by atoms with Gasteiger partial charge in [0.05, 0.1) is 23.4 Å². The van der Waals surface area contributed by atoms with Gasteiger partial charge in [-0.2, -0.15) is 13.2 Å². The van der Waals surface area contributed by atoms with Gasteiger partial charge in [-0.1, -0.05) is 12.1 Å². The summed E-state index contributed by atoms with van der Waals surface area (Å²) in [6.07, 6.45) is -1.25. The molecule has 0 amide bonds. The van der Waals surface area contributed by atoms with E-state index in [4.69, 9.17) is 14.6 Å². The Bertz CT molecular complexity index is 608. The first-order valence-electron chi connectivity index (χ1n) is 8.92. The predicted octanol–water partition coefficient (Wildman–Crippen LogP) is 3.30. The zero-order valence-corrected chi connectivity index (χ0v) is 15.3. The normalized spacial score (nSPS) is 25.5. The van der Waals surface area contributed by atoms with Crippen LogP contribution in [0.15, 0.2) is 24.3 Å². The molecule has 2 N–H and O–H groups in total. The molecule has 2 aliphatic heterocycles. The standard InChI is InChI=1S/C18H24F3NO2.CH2O2/c1-16(23)8-11-24-17(13-16)6-9-22(10-7-17)12-14-2-4-15(5-3-14)18(19,20)21;2-1-3/h2-5,23H,6-13H2,1H3;1H,(H,2,3). The summed E-state index contributed by atoms with van der Waals surface area (Å²) in [6.45, 7) is 4.51. The number of nitrogens with zero attached hydrogens (tertiary/aromatic N) is 1. The number of hydrogen-bond acceptors (Lipinski definition) is 4. The maximum absolute atomic E-state index is 12.6. The highest BCUT2D eigenvalue weighted by atomic mass is 19.4. The lowest BCUT2D eigenvalue weighted by atomic mass is 9.78. The van der Waals surface area contributed by atoms with Gasteiger partial charge >= 0.3 is 6.18 Å². The Morgan fingerprint density at radius 3 is 2.22 bits per heavy atom. The van der Waals surface area contributed by atoms with Crippen LogP contribution in [0.2, 0.25) is 0 Å². The van der Waals surface area contributed by atoms with Gasteiger partial charge in [0, 0.05) is 26.1 Å². The van der Waals surface area contributed by atoms with Gasteiger partial charge in [-0.05, 0) is 43.9 Å². The van der Waals surface area contributed by atoms with Crippen LogP contribution in [0.3, 0.4) is 0 Å². The van der Waals surface area contributed by atoms with E-state index in [2.05, 4.69) is 4.90 Å². The van der Waals surface area contributed by atoms with Crippen LogP contribution >= 0.6 is 0 Å². The van der Waals surface area contributed by atoms with E-state index in [0.717, 1.165) is 43.6 Å². The Labute approximate surface area is 156 Å². The number of benzene rings is 1. The summed E-state index contributed by atoms with van der Waals surface area (Å²) >= 11 is 0. The Balaban J connectivity index is 0.000000817. The van der Waals surface area contributed by atoms with Crippen molar-refractivity contribution >= 4 is 6.47 Å². The van der Waals surface area contributed by atoms with E-state index in [1.165, 1.54) is 0 Å². The van der Waals surface area contributed by atoms with Crippen molar-refractivity contribution in [2.75, 3.05) is 19.7 Å². The molecular formula is C19H26F3NO4. The summed E-state index contributed by atoms with van der Waals surface area (Å²) in [5.74, 6) is 0. The average molecular weight is 389 g/mol. The fourth-order valence-electron chi connectivity index (χ4n) is 3.82. The minimum Gasteiger partial charge on any atom is -0.483 e. The molecule has 152 valence electrons. The van der Waals surface area contributed by atoms with E-state index in [1.54, 1.807) is 12.1 Å². The second-order valence-corrected chi connectivity index (χ2v) is 7.53. The number of hydrogen-bond donors (Lipinski definition) is 2. The molecule has 1 atom stereocenters. The Morgan fingerprint density at radius 1 is 1.19 bits per heavy atom. The molecule has 0 radical (unpaired) electrons. The molecule has 1 unspecified atom stereocenters. The van der Waals surface area contributed by atoms with Gasteiger partial charge < -0.3 is 14.9 Å². The number of alkyl halides is 3. The number of halogens is 3. The van der Waals surface area contributed by atoms with Crippen LogP contribution in [0.25, 0.3) is 0 Å². The number of aliphatic hydroxyl groups is 1. The summed E-state index contributed by atoms with van der Waals surface area (Å²) in [7, 11) is 0. The van der Waals surface area contributed by atoms with Crippen molar-refractivity contribution in [3.8, 4) is 0 Å². The summed E-state index contributed by atoms with van der Waals surface area (Å²) in [4.78, 5) is 10.6. The van der Waals surface area contributed by atoms with Crippen molar-refractivity contribution in [2.45, 2.75) is 56.5 Å². The highest BCUT2D eigenvalue weighted by Crippen LogP contribution is 2.39. The van der Waals surface area contributed by atoms with Crippen LogP contribution in [0.1, 0.15) is 43.7 Å². The first-order chi connectivity index (χ1) is 12.6. The fraction of sp³-hybridized carbons (Fsp3) is 0.632. The van der Waals surface area contributed by atoms with E-state index in [9.17, 15) is 18.3 Å². The van der Waals surface area contributed by atoms with Gasteiger partial charge in [0.1, 0.15) is 0 Å². The van der Waals surface area contributed by atoms with Gasteiger partial charge in [0.2, 0.25) is 0 Å². The summed E-state index contributed by atoms with van der Waals surface area (Å²) in [5.41, 5.74) is -0.621. The van der Waals surface area contributed by atoms with Crippen molar-refractivity contribution in [3.63, 3.8) is 0 Å². The van der Waals surface area contributed by atoms with E-state index >= 15 is 0 Å². The van der Waals surface area contributed by atoms with Crippen LogP contribution in [-0.2, 0) is 22.3 Å². The minimum absolute atomic E-state index is 0.238. The second kappa shape index (κ2) is 8.58. The largest absolute Gasteiger partial charge is 0.483 e. The summed E-state index contributed by atoms with van der Waals surface area (Å²) in [5, 5.41) is 17.2. The minimum atomic E-state index is -4.29. The lowest BCUT2D eigenvalue weighted by Gasteiger charge is -2.48. The van der Waals surface area contributed by atoms with Crippen molar-refractivity contribution < 1.29 is 32.9 Å². The quantitative estimate of drug-likeness (QED) is 0.760. The van der Waals surface area contributed by atoms with Crippen molar-refractivity contribution in [1.82, 2.24) is 4.90 Å². The zero-order valence-electron chi connectivity index (χ0n) is 15.3. The van der Waals surface area contributed by atoms with Crippen molar-refractivity contribution in [3.05, 3.63) is 35.4 Å². The molecule has 3 rings (SSSR count). The third-order valence-electron chi connectivity index (χ3n) is 5.21. The van der Waals surface area contributed by atoms with Crippen LogP contribution < -0.4 is 0 Å². The zero-order chi connectivity index (χ0) is 20.1. The third kappa shape index (κ3) is 6.19. The molecule has 27 heavy (non-hydrogen) atoms. The van der Waals surface area contributed by atoms with Crippen LogP contribution in [0.5, 0.6) is 0 Å². The molecule has 1 aromatic carbocycles. The Hall–Kier alpha value is -1.64. The van der Waals surface area contributed by atoms with Crippen molar-refractivity contribution in [1.29, 1.82) is 0 Å². The number of rotatable bonds is 2. The Kier molecular flexibility index (Phi) is 6.88. The highest BCUT2D eigenvalue weighted by molar-refractivity contribution is 5.32. The van der Waals surface area contributed by atoms with Crippen molar-refractivity contribution in [2.24, 2.45) is 0 Å². The highest BCUT2D eigenvalue weighted by Gasteiger charge is 2.44. The molecule has 0 saturated carbocycles. The number of piperidine rings is 1. The maximum Gasteiger partial charge on any atom is 0.416 e. The molecule has 0 bridgehead atoms. The molecule has 0 aliphatic carbocycles. The molecule has 5 nitrogen and oxygen atoms in total.